The third kappa shape index (κ3) is 4.11. The zero-order valence-corrected chi connectivity index (χ0v) is 16.1. The van der Waals surface area contributed by atoms with Crippen molar-refractivity contribution in [1.82, 2.24) is 9.97 Å². The smallest absolute Gasteiger partial charge is 0.418 e. The molecule has 1 fully saturated rings. The SMILES string of the molecule is COc1ccccc1Nc1cc(NC2CCCCC2)c2c(C(F)(F)F)c[nH]c2n1. The first-order valence-electron chi connectivity index (χ1n) is 9.71. The molecule has 8 heteroatoms. The van der Waals surface area contributed by atoms with Gasteiger partial charge in [0.1, 0.15) is 17.2 Å². The Labute approximate surface area is 166 Å². The topological polar surface area (TPSA) is 62.0 Å². The van der Waals surface area contributed by atoms with Crippen LogP contribution in [-0.2, 0) is 6.18 Å². The summed E-state index contributed by atoms with van der Waals surface area (Å²) in [6, 6.07) is 9.13. The third-order valence-corrected chi connectivity index (χ3v) is 5.28. The number of ether oxygens (including phenoxy) is 1. The van der Waals surface area contributed by atoms with Gasteiger partial charge in [-0.1, -0.05) is 31.4 Å². The van der Waals surface area contributed by atoms with Gasteiger partial charge < -0.3 is 20.4 Å². The molecule has 3 aromatic rings. The summed E-state index contributed by atoms with van der Waals surface area (Å²) in [7, 11) is 1.56. The van der Waals surface area contributed by atoms with E-state index in [0.29, 0.717) is 22.9 Å². The van der Waals surface area contributed by atoms with Gasteiger partial charge in [-0.3, -0.25) is 0 Å². The van der Waals surface area contributed by atoms with Gasteiger partial charge in [0, 0.05) is 24.0 Å². The Morgan fingerprint density at radius 2 is 1.86 bits per heavy atom. The summed E-state index contributed by atoms with van der Waals surface area (Å²) in [6.07, 6.45) is 1.75. The number of anilines is 3. The van der Waals surface area contributed by atoms with Gasteiger partial charge in [-0.25, -0.2) is 4.98 Å². The summed E-state index contributed by atoms with van der Waals surface area (Å²) in [6.45, 7) is 0. The summed E-state index contributed by atoms with van der Waals surface area (Å²) in [5.41, 5.74) is 0.610. The van der Waals surface area contributed by atoms with Gasteiger partial charge in [-0.05, 0) is 25.0 Å². The lowest BCUT2D eigenvalue weighted by atomic mass is 9.95. The summed E-state index contributed by atoms with van der Waals surface area (Å²) < 4.78 is 46.0. The number of benzene rings is 1. The van der Waals surface area contributed by atoms with E-state index < -0.39 is 11.7 Å². The number of hydrogen-bond acceptors (Lipinski definition) is 4. The van der Waals surface area contributed by atoms with Crippen molar-refractivity contribution in [3.8, 4) is 5.75 Å². The van der Waals surface area contributed by atoms with E-state index in [1.807, 2.05) is 18.2 Å². The molecule has 1 aromatic carbocycles. The van der Waals surface area contributed by atoms with Crippen LogP contribution in [0.25, 0.3) is 11.0 Å². The molecule has 0 aliphatic heterocycles. The normalized spacial score (nSPS) is 15.4. The monoisotopic (exact) mass is 404 g/mol. The molecule has 4 rings (SSSR count). The third-order valence-electron chi connectivity index (χ3n) is 5.28. The molecular formula is C21H23F3N4O. The Bertz CT molecular complexity index is 993. The second-order valence-corrected chi connectivity index (χ2v) is 7.28. The first-order valence-corrected chi connectivity index (χ1v) is 9.71. The molecule has 2 heterocycles. The zero-order valence-electron chi connectivity index (χ0n) is 16.1. The van der Waals surface area contributed by atoms with E-state index in [-0.39, 0.29) is 17.1 Å². The number of rotatable bonds is 5. The van der Waals surface area contributed by atoms with E-state index in [2.05, 4.69) is 20.6 Å². The van der Waals surface area contributed by atoms with Crippen molar-refractivity contribution in [1.29, 1.82) is 0 Å². The number of aromatic nitrogens is 2. The maximum Gasteiger partial charge on any atom is 0.418 e. The number of fused-ring (bicyclic) bond motifs is 1. The van der Waals surface area contributed by atoms with Gasteiger partial charge in [0.05, 0.1) is 23.7 Å². The van der Waals surface area contributed by atoms with Crippen molar-refractivity contribution >= 4 is 28.2 Å². The molecule has 0 atom stereocenters. The lowest BCUT2D eigenvalue weighted by Crippen LogP contribution is -2.22. The van der Waals surface area contributed by atoms with Crippen LogP contribution in [0, 0.1) is 0 Å². The maximum atomic E-state index is 13.5. The molecule has 0 spiro atoms. The van der Waals surface area contributed by atoms with Crippen LogP contribution < -0.4 is 15.4 Å². The fourth-order valence-corrected chi connectivity index (χ4v) is 3.89. The number of para-hydroxylation sites is 2. The molecule has 1 saturated carbocycles. The number of nitrogens with one attached hydrogen (secondary N) is 3. The molecule has 0 radical (unpaired) electrons. The molecule has 1 aliphatic rings. The number of pyridine rings is 1. The molecule has 0 unspecified atom stereocenters. The summed E-state index contributed by atoms with van der Waals surface area (Å²) >= 11 is 0. The largest absolute Gasteiger partial charge is 0.495 e. The predicted octanol–water partition coefficient (Wildman–Crippen LogP) is 6.08. The maximum absolute atomic E-state index is 13.5. The van der Waals surface area contributed by atoms with Crippen molar-refractivity contribution in [2.45, 2.75) is 44.3 Å². The van der Waals surface area contributed by atoms with Gasteiger partial charge in [0.15, 0.2) is 0 Å². The number of halogens is 3. The van der Waals surface area contributed by atoms with Crippen LogP contribution in [-0.4, -0.2) is 23.1 Å². The van der Waals surface area contributed by atoms with Crippen molar-refractivity contribution < 1.29 is 17.9 Å². The first kappa shape index (κ1) is 19.4. The van der Waals surface area contributed by atoms with E-state index in [4.69, 9.17) is 4.74 Å². The molecule has 154 valence electrons. The zero-order chi connectivity index (χ0) is 20.4. The molecule has 1 aliphatic carbocycles. The fraction of sp³-hybridized carbons (Fsp3) is 0.381. The molecule has 0 amide bonds. The Hall–Kier alpha value is -2.90. The van der Waals surface area contributed by atoms with Crippen molar-refractivity contribution in [3.05, 3.63) is 42.1 Å². The van der Waals surface area contributed by atoms with Crippen LogP contribution in [0.2, 0.25) is 0 Å². The van der Waals surface area contributed by atoms with Crippen LogP contribution in [0.15, 0.2) is 36.5 Å². The van der Waals surface area contributed by atoms with Crippen LogP contribution >= 0.6 is 0 Å². The number of methoxy groups -OCH3 is 1. The second-order valence-electron chi connectivity index (χ2n) is 7.28. The minimum atomic E-state index is -4.46. The van der Waals surface area contributed by atoms with Crippen LogP contribution in [0.5, 0.6) is 5.75 Å². The average molecular weight is 404 g/mol. The Balaban J connectivity index is 1.76. The van der Waals surface area contributed by atoms with E-state index >= 15 is 0 Å². The Morgan fingerprint density at radius 3 is 2.59 bits per heavy atom. The number of H-pyrrole nitrogens is 1. The van der Waals surface area contributed by atoms with Gasteiger partial charge in [0.2, 0.25) is 0 Å². The molecule has 3 N–H and O–H groups in total. The lowest BCUT2D eigenvalue weighted by molar-refractivity contribution is -0.136. The molecule has 2 aromatic heterocycles. The molecule has 0 bridgehead atoms. The van der Waals surface area contributed by atoms with Gasteiger partial charge in [0.25, 0.3) is 0 Å². The predicted molar refractivity (Wildman–Crippen MR) is 108 cm³/mol. The standard InChI is InChI=1S/C21H23F3N4O/c1-29-17-10-6-5-9-15(17)27-18-11-16(26-13-7-3-2-4-8-13)19-14(21(22,23)24)12-25-20(19)28-18/h5-6,9-13H,2-4,7-8H2,1H3,(H3,25,26,27,28). The van der Waals surface area contributed by atoms with Gasteiger partial charge in [-0.2, -0.15) is 13.2 Å². The molecular weight excluding hydrogens is 381 g/mol. The van der Waals surface area contributed by atoms with E-state index in [0.717, 1.165) is 31.9 Å². The highest BCUT2D eigenvalue weighted by Crippen LogP contribution is 2.40. The highest BCUT2D eigenvalue weighted by atomic mass is 19.4. The van der Waals surface area contributed by atoms with E-state index in [1.54, 1.807) is 19.2 Å². The number of nitrogens with zero attached hydrogens (tertiary/aromatic N) is 1. The highest BCUT2D eigenvalue weighted by Gasteiger charge is 2.35. The van der Waals surface area contributed by atoms with Crippen LogP contribution in [0.4, 0.5) is 30.4 Å². The second kappa shape index (κ2) is 7.85. The summed E-state index contributed by atoms with van der Waals surface area (Å²) in [4.78, 5) is 7.06. The number of hydrogen-bond donors (Lipinski definition) is 3. The van der Waals surface area contributed by atoms with E-state index in [1.165, 1.54) is 6.42 Å². The Morgan fingerprint density at radius 1 is 1.10 bits per heavy atom. The Kier molecular flexibility index (Phi) is 5.25. The van der Waals surface area contributed by atoms with Crippen LogP contribution in [0.1, 0.15) is 37.7 Å². The lowest BCUT2D eigenvalue weighted by Gasteiger charge is -2.25. The average Bonchev–Trinajstić information content (AvgIpc) is 3.14. The van der Waals surface area contributed by atoms with Crippen molar-refractivity contribution in [2.24, 2.45) is 0 Å². The highest BCUT2D eigenvalue weighted by molar-refractivity contribution is 5.95. The molecule has 0 saturated heterocycles. The van der Waals surface area contributed by atoms with Gasteiger partial charge in [-0.15, -0.1) is 0 Å². The minimum absolute atomic E-state index is 0.0775. The minimum Gasteiger partial charge on any atom is -0.495 e. The summed E-state index contributed by atoms with van der Waals surface area (Å²) in [5, 5.41) is 6.59. The molecule has 29 heavy (non-hydrogen) atoms. The first-order chi connectivity index (χ1) is 14.0. The number of alkyl halides is 3. The van der Waals surface area contributed by atoms with Crippen molar-refractivity contribution in [2.75, 3.05) is 17.7 Å². The van der Waals surface area contributed by atoms with Crippen LogP contribution in [0.3, 0.4) is 0 Å². The molecule has 5 nitrogen and oxygen atoms in total. The fourth-order valence-electron chi connectivity index (χ4n) is 3.89. The van der Waals surface area contributed by atoms with E-state index in [9.17, 15) is 13.2 Å². The number of aromatic amines is 1. The quantitative estimate of drug-likeness (QED) is 0.482. The summed E-state index contributed by atoms with van der Waals surface area (Å²) in [5.74, 6) is 1.06. The van der Waals surface area contributed by atoms with Gasteiger partial charge >= 0.3 is 6.18 Å². The van der Waals surface area contributed by atoms with Crippen molar-refractivity contribution in [3.63, 3.8) is 0 Å².